The lowest BCUT2D eigenvalue weighted by Gasteiger charge is -2.37. The molecule has 392 valence electrons. The van der Waals surface area contributed by atoms with Crippen molar-refractivity contribution in [1.29, 1.82) is 0 Å². The summed E-state index contributed by atoms with van der Waals surface area (Å²) in [5.74, 6) is 1.40. The van der Waals surface area contributed by atoms with E-state index >= 15 is 0 Å². The molecule has 4 heteroatoms. The van der Waals surface area contributed by atoms with Crippen LogP contribution in [0.3, 0.4) is 0 Å². The summed E-state index contributed by atoms with van der Waals surface area (Å²) in [5, 5.41) is 0. The fraction of sp³-hybridized carbons (Fsp3) is 0.493. The van der Waals surface area contributed by atoms with Crippen LogP contribution in [-0.2, 0) is 21.7 Å². The Bertz CT molecular complexity index is 3040. The molecule has 0 heterocycles. The van der Waals surface area contributed by atoms with Crippen molar-refractivity contribution in [3.05, 3.63) is 164 Å². The van der Waals surface area contributed by atoms with Crippen molar-refractivity contribution in [2.45, 2.75) is 210 Å². The molecular formula is C71H84Br2N2. The van der Waals surface area contributed by atoms with E-state index in [0.29, 0.717) is 16.7 Å². The third-order valence-electron chi connectivity index (χ3n) is 21.3. The van der Waals surface area contributed by atoms with Gasteiger partial charge in [-0.3, -0.25) is 0 Å². The van der Waals surface area contributed by atoms with Crippen LogP contribution < -0.4 is 9.80 Å². The van der Waals surface area contributed by atoms with Crippen molar-refractivity contribution >= 4 is 66.0 Å². The van der Waals surface area contributed by atoms with E-state index < -0.39 is 0 Å². The smallest absolute Gasteiger partial charge is 0.0465 e. The van der Waals surface area contributed by atoms with E-state index in [1.807, 2.05) is 0 Å². The summed E-state index contributed by atoms with van der Waals surface area (Å²) >= 11 is 7.63. The lowest BCUT2D eigenvalue weighted by Crippen LogP contribution is -2.29. The average molecular weight is 1130 g/mol. The van der Waals surface area contributed by atoms with Crippen LogP contribution in [0.15, 0.2) is 130 Å². The summed E-state index contributed by atoms with van der Waals surface area (Å²) in [7, 11) is 0. The van der Waals surface area contributed by atoms with E-state index in [9.17, 15) is 0 Å². The minimum atomic E-state index is -0.115. The molecule has 7 aliphatic rings. The van der Waals surface area contributed by atoms with Gasteiger partial charge in [-0.15, -0.1) is 0 Å². The Morgan fingerprint density at radius 2 is 0.893 bits per heavy atom. The highest BCUT2D eigenvalue weighted by atomic mass is 79.9. The quantitative estimate of drug-likeness (QED) is 0.0703. The molecule has 6 aromatic rings. The predicted octanol–water partition coefficient (Wildman–Crippen LogP) is 22.6. The maximum atomic E-state index is 3.82. The summed E-state index contributed by atoms with van der Waals surface area (Å²) in [6.07, 6.45) is 28.6. The molecule has 4 atom stereocenters. The molecule has 0 saturated heterocycles. The van der Waals surface area contributed by atoms with Crippen LogP contribution in [0, 0.1) is 11.3 Å². The highest BCUT2D eigenvalue weighted by Crippen LogP contribution is 2.79. The summed E-state index contributed by atoms with van der Waals surface area (Å²) in [4.78, 5) is 5.22. The zero-order chi connectivity index (χ0) is 51.7. The molecule has 3 fully saturated rings. The number of hydrogen-bond donors (Lipinski definition) is 0. The minimum Gasteiger partial charge on any atom is -0.310 e. The number of fused-ring (bicyclic) bond motifs is 9. The second-order valence-electron chi connectivity index (χ2n) is 25.9. The van der Waals surface area contributed by atoms with Gasteiger partial charge >= 0.3 is 0 Å². The number of unbranched alkanes of at least 4 members (excludes halogenated alkanes) is 10. The Balaban J connectivity index is 1.01. The van der Waals surface area contributed by atoms with Gasteiger partial charge in [-0.1, -0.05) is 175 Å². The number of halogens is 2. The first kappa shape index (κ1) is 51.6. The lowest BCUT2D eigenvalue weighted by atomic mass is 9.68. The molecule has 13 rings (SSSR count). The Labute approximate surface area is 469 Å². The van der Waals surface area contributed by atoms with Gasteiger partial charge in [0.1, 0.15) is 0 Å². The van der Waals surface area contributed by atoms with Gasteiger partial charge in [0.2, 0.25) is 0 Å². The minimum absolute atomic E-state index is 0.115. The van der Waals surface area contributed by atoms with Gasteiger partial charge in [-0.2, -0.15) is 0 Å². The van der Waals surface area contributed by atoms with Gasteiger partial charge in [0.05, 0.1) is 0 Å². The number of anilines is 6. The molecule has 4 bridgehead atoms. The van der Waals surface area contributed by atoms with E-state index in [0.717, 1.165) is 14.9 Å². The van der Waals surface area contributed by atoms with E-state index in [-0.39, 0.29) is 16.2 Å². The molecular weight excluding hydrogens is 1040 g/mol. The molecule has 6 aromatic carbocycles. The van der Waals surface area contributed by atoms with Crippen molar-refractivity contribution in [2.24, 2.45) is 11.3 Å². The van der Waals surface area contributed by atoms with Gasteiger partial charge in [-0.25, -0.2) is 0 Å². The van der Waals surface area contributed by atoms with Crippen molar-refractivity contribution in [2.75, 3.05) is 9.80 Å². The Hall–Kier alpha value is -4.12. The van der Waals surface area contributed by atoms with E-state index in [4.69, 9.17) is 0 Å². The Morgan fingerprint density at radius 1 is 0.440 bits per heavy atom. The molecule has 0 amide bonds. The highest BCUT2D eigenvalue weighted by molar-refractivity contribution is 9.10. The normalized spacial score (nSPS) is 26.0. The molecule has 7 aliphatic carbocycles. The zero-order valence-corrected chi connectivity index (χ0v) is 49.6. The van der Waals surface area contributed by atoms with Crippen LogP contribution in [0.5, 0.6) is 0 Å². The van der Waals surface area contributed by atoms with Crippen molar-refractivity contribution < 1.29 is 0 Å². The maximum absolute atomic E-state index is 3.82. The monoisotopic (exact) mass is 1120 g/mol. The van der Waals surface area contributed by atoms with Gasteiger partial charge in [0, 0.05) is 48.5 Å². The lowest BCUT2D eigenvalue weighted by molar-refractivity contribution is 0.248. The van der Waals surface area contributed by atoms with Crippen LogP contribution in [0.2, 0.25) is 0 Å². The fourth-order valence-electron chi connectivity index (χ4n) is 16.8. The third kappa shape index (κ3) is 8.93. The second kappa shape index (κ2) is 20.3. The van der Waals surface area contributed by atoms with E-state index in [2.05, 4.69) is 205 Å². The Morgan fingerprint density at radius 3 is 1.43 bits per heavy atom. The van der Waals surface area contributed by atoms with Crippen molar-refractivity contribution in [3.8, 4) is 11.1 Å². The summed E-state index contributed by atoms with van der Waals surface area (Å²) < 4.78 is 2.23. The maximum Gasteiger partial charge on any atom is 0.0465 e. The van der Waals surface area contributed by atoms with Crippen LogP contribution in [0.4, 0.5) is 34.1 Å². The molecule has 3 unspecified atom stereocenters. The SMILES string of the molecule is CCCCCCCCC1(CCCCCCCC)c2cc(N(c3ccc(Br)cc3)c3ccc4c(c3)C3(C)CCC(CC3)[C@H]4C)ccc2-c2ccc(N(c3ccc(Br)cc3)c3ccc4c(c3)C3(C)CCC5(C3)CC45C)cc21. The molecule has 0 radical (unpaired) electrons. The highest BCUT2D eigenvalue weighted by Gasteiger charge is 2.72. The fourth-order valence-corrected chi connectivity index (χ4v) is 17.3. The average Bonchev–Trinajstić information content (AvgIpc) is 3.97. The molecule has 2 nitrogen and oxygen atoms in total. The third-order valence-corrected chi connectivity index (χ3v) is 22.4. The topological polar surface area (TPSA) is 6.48 Å². The van der Waals surface area contributed by atoms with Gasteiger partial charge in [-0.05, 0) is 239 Å². The molecule has 3 saturated carbocycles. The number of hydrogen-bond acceptors (Lipinski definition) is 2. The molecule has 75 heavy (non-hydrogen) atoms. The summed E-state index contributed by atoms with van der Waals surface area (Å²) in [6, 6.07) is 48.9. The predicted molar refractivity (Wildman–Crippen MR) is 327 cm³/mol. The van der Waals surface area contributed by atoms with E-state index in [1.165, 1.54) is 187 Å². The first-order chi connectivity index (χ1) is 36.3. The van der Waals surface area contributed by atoms with Gasteiger partial charge in [0.15, 0.2) is 0 Å². The second-order valence-corrected chi connectivity index (χ2v) is 27.7. The molecule has 0 aromatic heterocycles. The standard InChI is InChI=1S/C71H84Br2N2/c1-7-9-11-13-15-17-37-71(38-18-16-14-12-10-8-2)64-44-56(74(53-23-19-51(72)20-24-53)55-27-31-59-49(3)50-35-39-67(4,40-36-50)63(59)43-55)28-32-60(64)61-33-29-57(45-65(61)71)75(54-25-21-52(73)22-26-54)58-30-34-62-66(46-58)68(5)41-42-70(47-68)48-69(62,70)6/h19-34,43-46,49-50H,7-18,35-42,47-48H2,1-6H3/t49-,50?,67?,68?,69?,70?/m1/s1. The molecule has 0 aliphatic heterocycles. The first-order valence-electron chi connectivity index (χ1n) is 30.0. The Kier molecular flexibility index (Phi) is 14.0. The van der Waals surface area contributed by atoms with Crippen molar-refractivity contribution in [1.82, 2.24) is 0 Å². The largest absolute Gasteiger partial charge is 0.310 e. The first-order valence-corrected chi connectivity index (χ1v) is 31.6. The summed E-state index contributed by atoms with van der Waals surface area (Å²) in [5.41, 5.74) is 21.1. The number of rotatable bonds is 20. The van der Waals surface area contributed by atoms with Crippen LogP contribution in [0.1, 0.15) is 222 Å². The molecule has 1 spiro atoms. The number of nitrogens with zero attached hydrogens (tertiary/aromatic N) is 2. The van der Waals surface area contributed by atoms with Gasteiger partial charge in [0.25, 0.3) is 0 Å². The van der Waals surface area contributed by atoms with Gasteiger partial charge < -0.3 is 9.80 Å². The van der Waals surface area contributed by atoms with Crippen LogP contribution >= 0.6 is 31.9 Å². The van der Waals surface area contributed by atoms with Crippen LogP contribution in [0.25, 0.3) is 11.1 Å². The summed E-state index contributed by atoms with van der Waals surface area (Å²) in [6.45, 7) is 14.9. The van der Waals surface area contributed by atoms with Crippen molar-refractivity contribution in [3.63, 3.8) is 0 Å². The zero-order valence-electron chi connectivity index (χ0n) is 46.4. The number of benzene rings is 6. The van der Waals surface area contributed by atoms with Crippen LogP contribution in [-0.4, -0.2) is 0 Å². The van der Waals surface area contributed by atoms with E-state index in [1.54, 1.807) is 33.4 Å². The molecule has 0 N–H and O–H groups in total.